The van der Waals surface area contributed by atoms with Gasteiger partial charge in [-0.15, -0.1) is 0 Å². The van der Waals surface area contributed by atoms with E-state index < -0.39 is 5.97 Å². The first-order valence-electron chi connectivity index (χ1n) is 9.26. The average molecular weight is 377 g/mol. The Bertz CT molecular complexity index is 892. The van der Waals surface area contributed by atoms with Gasteiger partial charge in [0.1, 0.15) is 0 Å². The van der Waals surface area contributed by atoms with Crippen molar-refractivity contribution in [2.45, 2.75) is 19.3 Å². The number of carbonyl (C=O) groups excluding carboxylic acids is 2. The lowest BCUT2D eigenvalue weighted by Crippen LogP contribution is -2.30. The van der Waals surface area contributed by atoms with E-state index in [4.69, 9.17) is 4.74 Å². The van der Waals surface area contributed by atoms with E-state index in [0.717, 1.165) is 23.2 Å². The third kappa shape index (κ3) is 6.09. The summed E-state index contributed by atoms with van der Waals surface area (Å²) in [6, 6.07) is 19.6. The molecule has 0 aliphatic rings. The summed E-state index contributed by atoms with van der Waals surface area (Å²) in [5, 5.41) is 7.05. The van der Waals surface area contributed by atoms with Crippen molar-refractivity contribution in [3.05, 3.63) is 84.2 Å². The second kappa shape index (κ2) is 10.1. The highest BCUT2D eigenvalue weighted by Gasteiger charge is 2.09. The van der Waals surface area contributed by atoms with Crippen molar-refractivity contribution in [3.8, 4) is 5.69 Å². The van der Waals surface area contributed by atoms with Crippen molar-refractivity contribution in [2.24, 2.45) is 0 Å². The molecule has 0 saturated heterocycles. The van der Waals surface area contributed by atoms with Crippen LogP contribution in [-0.4, -0.2) is 34.8 Å². The molecule has 144 valence electrons. The van der Waals surface area contributed by atoms with E-state index in [0.29, 0.717) is 13.0 Å². The van der Waals surface area contributed by atoms with Crippen LogP contribution in [0.4, 0.5) is 0 Å². The Morgan fingerprint density at radius 3 is 2.39 bits per heavy atom. The van der Waals surface area contributed by atoms with Crippen LogP contribution in [0.25, 0.3) is 5.69 Å². The number of amides is 1. The van der Waals surface area contributed by atoms with Gasteiger partial charge in [-0.05, 0) is 36.1 Å². The zero-order valence-corrected chi connectivity index (χ0v) is 15.6. The van der Waals surface area contributed by atoms with Crippen molar-refractivity contribution in [1.82, 2.24) is 15.1 Å². The summed E-state index contributed by atoms with van der Waals surface area (Å²) in [5.74, 6) is -0.688. The Balaban J connectivity index is 1.33. The van der Waals surface area contributed by atoms with Crippen LogP contribution in [0.2, 0.25) is 0 Å². The summed E-state index contributed by atoms with van der Waals surface area (Å²) in [4.78, 5) is 23.6. The quantitative estimate of drug-likeness (QED) is 0.582. The molecule has 1 N–H and O–H groups in total. The molecule has 1 amide bonds. The molecule has 6 nitrogen and oxygen atoms in total. The molecule has 3 aromatic rings. The first-order valence-corrected chi connectivity index (χ1v) is 9.26. The monoisotopic (exact) mass is 377 g/mol. The summed E-state index contributed by atoms with van der Waals surface area (Å²) in [5.41, 5.74) is 3.05. The van der Waals surface area contributed by atoms with Gasteiger partial charge in [0, 0.05) is 19.2 Å². The summed E-state index contributed by atoms with van der Waals surface area (Å²) >= 11 is 0. The Morgan fingerprint density at radius 2 is 1.64 bits per heavy atom. The number of para-hydroxylation sites is 1. The average Bonchev–Trinajstić information content (AvgIpc) is 3.21. The molecule has 2 aromatic carbocycles. The minimum absolute atomic E-state index is 0.206. The van der Waals surface area contributed by atoms with E-state index in [9.17, 15) is 9.59 Å². The highest BCUT2D eigenvalue weighted by atomic mass is 16.5. The number of benzene rings is 2. The van der Waals surface area contributed by atoms with Crippen LogP contribution in [0.1, 0.15) is 17.5 Å². The lowest BCUT2D eigenvalue weighted by Gasteiger charge is -2.06. The van der Waals surface area contributed by atoms with Gasteiger partial charge in [-0.3, -0.25) is 9.59 Å². The molecule has 3 rings (SSSR count). The Morgan fingerprint density at radius 1 is 0.929 bits per heavy atom. The number of nitrogens with one attached hydrogen (secondary N) is 1. The molecule has 28 heavy (non-hydrogen) atoms. The molecule has 0 saturated carbocycles. The van der Waals surface area contributed by atoms with Gasteiger partial charge < -0.3 is 10.1 Å². The highest BCUT2D eigenvalue weighted by Crippen LogP contribution is 2.09. The zero-order chi connectivity index (χ0) is 19.6. The SMILES string of the molecule is O=C(COC(=O)CCc1cnn(-c2ccccc2)c1)NCCc1ccccc1. The van der Waals surface area contributed by atoms with Gasteiger partial charge in [-0.25, -0.2) is 4.68 Å². The van der Waals surface area contributed by atoms with Gasteiger partial charge in [0.05, 0.1) is 11.9 Å². The first kappa shape index (κ1) is 19.4. The van der Waals surface area contributed by atoms with Crippen molar-refractivity contribution in [2.75, 3.05) is 13.2 Å². The van der Waals surface area contributed by atoms with Gasteiger partial charge in [0.2, 0.25) is 0 Å². The summed E-state index contributed by atoms with van der Waals surface area (Å²) in [6.07, 6.45) is 5.08. The minimum Gasteiger partial charge on any atom is -0.456 e. The van der Waals surface area contributed by atoms with E-state index in [1.165, 1.54) is 0 Å². The fraction of sp³-hybridized carbons (Fsp3) is 0.227. The summed E-state index contributed by atoms with van der Waals surface area (Å²) in [6.45, 7) is 0.260. The molecular weight excluding hydrogens is 354 g/mol. The number of aromatic nitrogens is 2. The molecule has 0 radical (unpaired) electrons. The molecular formula is C22H23N3O3. The second-order valence-electron chi connectivity index (χ2n) is 6.37. The van der Waals surface area contributed by atoms with Gasteiger partial charge >= 0.3 is 5.97 Å². The molecule has 0 fully saturated rings. The topological polar surface area (TPSA) is 73.2 Å². The van der Waals surface area contributed by atoms with Gasteiger partial charge in [0.25, 0.3) is 5.91 Å². The second-order valence-corrected chi connectivity index (χ2v) is 6.37. The van der Waals surface area contributed by atoms with Crippen LogP contribution >= 0.6 is 0 Å². The van der Waals surface area contributed by atoms with Crippen LogP contribution < -0.4 is 5.32 Å². The van der Waals surface area contributed by atoms with Crippen LogP contribution in [0.5, 0.6) is 0 Å². The van der Waals surface area contributed by atoms with Crippen LogP contribution in [0.3, 0.4) is 0 Å². The Kier molecular flexibility index (Phi) is 6.95. The van der Waals surface area contributed by atoms with Gasteiger partial charge in [-0.1, -0.05) is 48.5 Å². The normalized spacial score (nSPS) is 10.4. The van der Waals surface area contributed by atoms with E-state index in [1.807, 2.05) is 66.9 Å². The minimum atomic E-state index is -0.398. The van der Waals surface area contributed by atoms with Crippen LogP contribution in [0.15, 0.2) is 73.1 Å². The number of hydrogen-bond donors (Lipinski definition) is 1. The molecule has 0 spiro atoms. The molecule has 0 aliphatic heterocycles. The highest BCUT2D eigenvalue weighted by molar-refractivity contribution is 5.80. The number of aryl methyl sites for hydroxylation is 1. The lowest BCUT2D eigenvalue weighted by molar-refractivity contribution is -0.148. The predicted octanol–water partition coefficient (Wildman–Crippen LogP) is 2.71. The number of esters is 1. The number of rotatable bonds is 9. The molecule has 0 atom stereocenters. The maximum absolute atomic E-state index is 11.9. The smallest absolute Gasteiger partial charge is 0.306 e. The number of nitrogens with zero attached hydrogens (tertiary/aromatic N) is 2. The number of hydrogen-bond acceptors (Lipinski definition) is 4. The van der Waals surface area contributed by atoms with Crippen molar-refractivity contribution < 1.29 is 14.3 Å². The molecule has 6 heteroatoms. The van der Waals surface area contributed by atoms with Crippen molar-refractivity contribution in [3.63, 3.8) is 0 Å². The van der Waals surface area contributed by atoms with Crippen molar-refractivity contribution in [1.29, 1.82) is 0 Å². The Hall–Kier alpha value is -3.41. The summed E-state index contributed by atoms with van der Waals surface area (Å²) < 4.78 is 6.81. The number of ether oxygens (including phenoxy) is 1. The largest absolute Gasteiger partial charge is 0.456 e. The third-order valence-corrected chi connectivity index (χ3v) is 4.22. The Labute approximate surface area is 164 Å². The van der Waals surface area contributed by atoms with Crippen molar-refractivity contribution >= 4 is 11.9 Å². The molecule has 1 aromatic heterocycles. The van der Waals surface area contributed by atoms with Crippen LogP contribution in [-0.2, 0) is 27.2 Å². The fourth-order valence-electron chi connectivity index (χ4n) is 2.72. The van der Waals surface area contributed by atoms with E-state index in [1.54, 1.807) is 10.9 Å². The van der Waals surface area contributed by atoms with E-state index >= 15 is 0 Å². The van der Waals surface area contributed by atoms with E-state index in [-0.39, 0.29) is 18.9 Å². The fourth-order valence-corrected chi connectivity index (χ4v) is 2.72. The standard InChI is InChI=1S/C22H23N3O3/c26-21(23-14-13-18-7-3-1-4-8-18)17-28-22(27)12-11-19-15-24-25(16-19)20-9-5-2-6-10-20/h1-10,15-16H,11-14,17H2,(H,23,26). The molecule has 0 bridgehead atoms. The van der Waals surface area contributed by atoms with Gasteiger partial charge in [0.15, 0.2) is 6.61 Å². The maximum atomic E-state index is 11.9. The number of carbonyl (C=O) groups is 2. The zero-order valence-electron chi connectivity index (χ0n) is 15.6. The van der Waals surface area contributed by atoms with E-state index in [2.05, 4.69) is 10.4 Å². The van der Waals surface area contributed by atoms with Crippen LogP contribution in [0, 0.1) is 0 Å². The molecule has 0 aliphatic carbocycles. The van der Waals surface area contributed by atoms with Gasteiger partial charge in [-0.2, -0.15) is 5.10 Å². The predicted molar refractivity (Wildman–Crippen MR) is 106 cm³/mol. The lowest BCUT2D eigenvalue weighted by atomic mass is 10.1. The maximum Gasteiger partial charge on any atom is 0.306 e. The third-order valence-electron chi connectivity index (χ3n) is 4.22. The first-order chi connectivity index (χ1) is 13.7. The molecule has 0 unspecified atom stereocenters. The summed E-state index contributed by atoms with van der Waals surface area (Å²) in [7, 11) is 0. The molecule has 1 heterocycles.